The number of carbonyl (C=O) groups excluding carboxylic acids is 1. The lowest BCUT2D eigenvalue weighted by Crippen LogP contribution is -2.49. The number of amides is 1. The summed E-state index contributed by atoms with van der Waals surface area (Å²) >= 11 is 18.9. The lowest BCUT2D eigenvalue weighted by Gasteiger charge is -2.43. The van der Waals surface area contributed by atoms with Crippen molar-refractivity contribution in [2.24, 2.45) is 0 Å². The van der Waals surface area contributed by atoms with Gasteiger partial charge in [-0.2, -0.15) is 0 Å². The van der Waals surface area contributed by atoms with Gasteiger partial charge in [-0.25, -0.2) is 0 Å². The van der Waals surface area contributed by atoms with Gasteiger partial charge >= 0.3 is 0 Å². The first-order chi connectivity index (χ1) is 16.4. The second-order valence-corrected chi connectivity index (χ2v) is 9.83. The summed E-state index contributed by atoms with van der Waals surface area (Å²) in [5.41, 5.74) is 2.88. The minimum atomic E-state index is -0.0168. The molecule has 8 heteroatoms. The minimum Gasteiger partial charge on any atom is -0.361 e. The third-order valence-corrected chi connectivity index (χ3v) is 6.95. The predicted octanol–water partition coefficient (Wildman–Crippen LogP) is 6.15. The summed E-state index contributed by atoms with van der Waals surface area (Å²) in [5, 5.41) is 4.93. The van der Waals surface area contributed by atoms with Crippen LogP contribution in [-0.2, 0) is 6.54 Å². The molecule has 0 radical (unpaired) electrons. The number of hydrogen-bond acceptors (Lipinski definition) is 3. The van der Waals surface area contributed by atoms with Crippen molar-refractivity contribution in [3.63, 3.8) is 0 Å². The highest BCUT2D eigenvalue weighted by Crippen LogP contribution is 2.36. The number of hydrogen-bond donors (Lipinski definition) is 1. The molecule has 1 aliphatic rings. The average Bonchev–Trinajstić information content (AvgIpc) is 3.31. The lowest BCUT2D eigenvalue weighted by atomic mass is 10.0. The zero-order valence-electron chi connectivity index (χ0n) is 19.2. The van der Waals surface area contributed by atoms with Crippen molar-refractivity contribution in [3.8, 4) is 0 Å². The largest absolute Gasteiger partial charge is 0.361 e. The molecule has 2 aromatic carbocycles. The van der Waals surface area contributed by atoms with Gasteiger partial charge in [-0.3, -0.25) is 9.69 Å². The molecule has 0 unspecified atom stereocenters. The highest BCUT2D eigenvalue weighted by molar-refractivity contribution is 6.36. The van der Waals surface area contributed by atoms with Crippen molar-refractivity contribution in [1.82, 2.24) is 14.8 Å². The molecule has 0 bridgehead atoms. The van der Waals surface area contributed by atoms with E-state index in [0.29, 0.717) is 22.2 Å². The molecule has 0 spiro atoms. The Labute approximate surface area is 216 Å². The van der Waals surface area contributed by atoms with Gasteiger partial charge in [0.25, 0.3) is 5.91 Å². The molecule has 5 nitrogen and oxygen atoms in total. The summed E-state index contributed by atoms with van der Waals surface area (Å²) in [6, 6.07) is 15.7. The molecule has 3 aromatic rings. The van der Waals surface area contributed by atoms with Crippen LogP contribution in [0.3, 0.4) is 0 Å². The highest BCUT2D eigenvalue weighted by atomic mass is 35.5. The summed E-state index contributed by atoms with van der Waals surface area (Å²) in [7, 11) is 0. The fraction of sp³-hybridized carbons (Fsp3) is 0.346. The van der Waals surface area contributed by atoms with Gasteiger partial charge in [0.1, 0.15) is 0 Å². The van der Waals surface area contributed by atoms with E-state index in [2.05, 4.69) is 31.8 Å². The Bertz CT molecular complexity index is 1120. The monoisotopic (exact) mass is 518 g/mol. The third kappa shape index (κ3) is 6.08. The number of nitrogens with zero attached hydrogens (tertiary/aromatic N) is 3. The number of nitrogens with one attached hydrogen (secondary N) is 1. The van der Waals surface area contributed by atoms with Crippen molar-refractivity contribution in [2.75, 3.05) is 37.6 Å². The number of carbonyl (C=O) groups is 1. The van der Waals surface area contributed by atoms with Crippen molar-refractivity contribution < 1.29 is 4.79 Å². The second-order valence-electron chi connectivity index (χ2n) is 8.55. The van der Waals surface area contributed by atoms with E-state index < -0.39 is 0 Å². The first-order valence-corrected chi connectivity index (χ1v) is 12.7. The van der Waals surface area contributed by atoms with E-state index in [9.17, 15) is 4.79 Å². The number of anilines is 1. The van der Waals surface area contributed by atoms with Crippen LogP contribution >= 0.6 is 34.8 Å². The Morgan fingerprint density at radius 2 is 1.76 bits per heavy atom. The maximum atomic E-state index is 12.2. The van der Waals surface area contributed by atoms with Gasteiger partial charge in [0.05, 0.1) is 22.3 Å². The van der Waals surface area contributed by atoms with E-state index in [1.807, 2.05) is 49.6 Å². The Kier molecular flexibility index (Phi) is 8.43. The fourth-order valence-electron chi connectivity index (χ4n) is 4.33. The van der Waals surface area contributed by atoms with E-state index in [-0.39, 0.29) is 11.9 Å². The summed E-state index contributed by atoms with van der Waals surface area (Å²) in [5.74, 6) is -0.0168. The number of piperazine rings is 1. The van der Waals surface area contributed by atoms with Crippen molar-refractivity contribution >= 4 is 46.4 Å². The van der Waals surface area contributed by atoms with Crippen LogP contribution in [0.15, 0.2) is 60.9 Å². The molecule has 0 saturated carbocycles. The SMILES string of the molecule is CCCNC(=O)c1ccn(CCN2CCN(c3ccc(Cl)cc3Cl)[C@H](c3ccc(Cl)cc3)C2)c1. The van der Waals surface area contributed by atoms with Crippen LogP contribution in [0.5, 0.6) is 0 Å². The number of rotatable bonds is 8. The lowest BCUT2D eigenvalue weighted by molar-refractivity contribution is 0.0953. The number of halogens is 3. The molecular formula is C26H29Cl3N4O. The van der Waals surface area contributed by atoms with Crippen LogP contribution in [0.4, 0.5) is 5.69 Å². The van der Waals surface area contributed by atoms with E-state index in [0.717, 1.165) is 49.9 Å². The van der Waals surface area contributed by atoms with E-state index >= 15 is 0 Å². The molecule has 1 aromatic heterocycles. The molecule has 1 N–H and O–H groups in total. The van der Waals surface area contributed by atoms with E-state index in [1.54, 1.807) is 6.07 Å². The predicted molar refractivity (Wildman–Crippen MR) is 141 cm³/mol. The zero-order chi connectivity index (χ0) is 24.1. The summed E-state index contributed by atoms with van der Waals surface area (Å²) in [6.45, 7) is 7.04. The van der Waals surface area contributed by atoms with Crippen LogP contribution < -0.4 is 10.2 Å². The van der Waals surface area contributed by atoms with Gasteiger partial charge in [0.2, 0.25) is 0 Å². The summed E-state index contributed by atoms with van der Waals surface area (Å²) in [6.07, 6.45) is 4.82. The normalized spacial score (nSPS) is 16.6. The summed E-state index contributed by atoms with van der Waals surface area (Å²) < 4.78 is 2.08. The first-order valence-electron chi connectivity index (χ1n) is 11.6. The van der Waals surface area contributed by atoms with Crippen molar-refractivity contribution in [1.29, 1.82) is 0 Å². The third-order valence-electron chi connectivity index (χ3n) is 6.16. The van der Waals surface area contributed by atoms with Crippen LogP contribution in [-0.4, -0.2) is 48.1 Å². The maximum absolute atomic E-state index is 12.2. The van der Waals surface area contributed by atoms with Gasteiger partial charge < -0.3 is 14.8 Å². The molecule has 1 fully saturated rings. The van der Waals surface area contributed by atoms with E-state index in [4.69, 9.17) is 34.8 Å². The molecule has 1 aliphatic heterocycles. The van der Waals surface area contributed by atoms with Gasteiger partial charge in [-0.05, 0) is 48.4 Å². The first kappa shape index (κ1) is 24.9. The van der Waals surface area contributed by atoms with Crippen molar-refractivity contribution in [2.45, 2.75) is 25.9 Å². The molecule has 1 amide bonds. The number of aromatic nitrogens is 1. The van der Waals surface area contributed by atoms with Crippen LogP contribution in [0.1, 0.15) is 35.3 Å². The zero-order valence-corrected chi connectivity index (χ0v) is 21.5. The second kappa shape index (κ2) is 11.5. The van der Waals surface area contributed by atoms with Gasteiger partial charge in [-0.15, -0.1) is 0 Å². The number of benzene rings is 2. The Morgan fingerprint density at radius 3 is 2.50 bits per heavy atom. The summed E-state index contributed by atoms with van der Waals surface area (Å²) in [4.78, 5) is 17.0. The fourth-order valence-corrected chi connectivity index (χ4v) is 4.97. The minimum absolute atomic E-state index is 0.0168. The molecule has 0 aliphatic carbocycles. The molecule has 34 heavy (non-hydrogen) atoms. The standard InChI is InChI=1S/C26H29Cl3N4O/c1-2-10-30-26(34)20-9-11-31(17-20)12-13-32-14-15-33(24-8-7-22(28)16-23(24)29)25(18-32)19-3-5-21(27)6-4-19/h3-9,11,16-17,25H,2,10,12-15,18H2,1H3,(H,30,34)/t25-/m0/s1. The molecule has 1 saturated heterocycles. The molecule has 1 atom stereocenters. The smallest absolute Gasteiger partial charge is 0.252 e. The van der Waals surface area contributed by atoms with Crippen LogP contribution in [0.2, 0.25) is 15.1 Å². The Hall–Kier alpha value is -2.18. The van der Waals surface area contributed by atoms with Crippen LogP contribution in [0.25, 0.3) is 0 Å². The molecular weight excluding hydrogens is 491 g/mol. The average molecular weight is 520 g/mol. The van der Waals surface area contributed by atoms with Crippen LogP contribution in [0, 0.1) is 0 Å². The maximum Gasteiger partial charge on any atom is 0.252 e. The topological polar surface area (TPSA) is 40.5 Å². The highest BCUT2D eigenvalue weighted by Gasteiger charge is 2.29. The Morgan fingerprint density at radius 1 is 1.00 bits per heavy atom. The molecule has 4 rings (SSSR count). The molecule has 2 heterocycles. The Balaban J connectivity index is 1.46. The van der Waals surface area contributed by atoms with Gasteiger partial charge in [0, 0.05) is 61.7 Å². The van der Waals surface area contributed by atoms with E-state index in [1.165, 1.54) is 5.56 Å². The van der Waals surface area contributed by atoms with Gasteiger partial charge in [-0.1, -0.05) is 53.9 Å². The molecule has 180 valence electrons. The van der Waals surface area contributed by atoms with Crippen molar-refractivity contribution in [3.05, 3.63) is 87.1 Å². The van der Waals surface area contributed by atoms with Gasteiger partial charge in [0.15, 0.2) is 0 Å². The quantitative estimate of drug-likeness (QED) is 0.388.